The van der Waals surface area contributed by atoms with Crippen LogP contribution in [-0.2, 0) is 17.1 Å². The van der Waals surface area contributed by atoms with Crippen LogP contribution in [0.15, 0.2) is 0 Å². The summed E-state index contributed by atoms with van der Waals surface area (Å²) in [4.78, 5) is 0. The van der Waals surface area contributed by atoms with Gasteiger partial charge in [-0.15, -0.1) is 0 Å². The molecule has 0 rings (SSSR count). The maximum atomic E-state index is 5.27. The van der Waals surface area contributed by atoms with Gasteiger partial charge >= 0.3 is 0 Å². The molecular formula is C6H13CuNS2. The summed E-state index contributed by atoms with van der Waals surface area (Å²) < 4.78 is 0.575. The summed E-state index contributed by atoms with van der Waals surface area (Å²) in [7, 11) is 0. The fourth-order valence-electron chi connectivity index (χ4n) is 0.525. The monoisotopic (exact) mass is 226 g/mol. The van der Waals surface area contributed by atoms with Crippen LogP contribution in [0.5, 0.6) is 0 Å². The van der Waals surface area contributed by atoms with Gasteiger partial charge in [0.15, 0.2) is 0 Å². The maximum absolute atomic E-state index is 5.27. The Labute approximate surface area is 83.0 Å². The minimum absolute atomic E-state index is 0. The second-order valence-corrected chi connectivity index (χ2v) is 3.71. The van der Waals surface area contributed by atoms with Crippen molar-refractivity contribution in [2.24, 2.45) is 5.73 Å². The van der Waals surface area contributed by atoms with E-state index < -0.39 is 0 Å². The average molecular weight is 227 g/mol. The van der Waals surface area contributed by atoms with Gasteiger partial charge in [0.2, 0.25) is 0 Å². The molecule has 0 amide bonds. The van der Waals surface area contributed by atoms with E-state index in [2.05, 4.69) is 19.1 Å². The molecular weight excluding hydrogens is 214 g/mol. The summed E-state index contributed by atoms with van der Waals surface area (Å²) >= 11 is 6.27. The van der Waals surface area contributed by atoms with Crippen molar-refractivity contribution in [3.05, 3.63) is 0 Å². The Morgan fingerprint density at radius 1 is 1.50 bits per heavy atom. The van der Waals surface area contributed by atoms with Crippen molar-refractivity contribution < 1.29 is 17.1 Å². The van der Waals surface area contributed by atoms with Crippen LogP contribution >= 0.6 is 24.0 Å². The number of nitrogens with two attached hydrogens (primary N) is 1. The molecule has 2 N–H and O–H groups in total. The maximum Gasteiger partial charge on any atom is 0.131 e. The van der Waals surface area contributed by atoms with Crippen LogP contribution < -0.4 is 5.73 Å². The summed E-state index contributed by atoms with van der Waals surface area (Å²) in [5.74, 6) is 1.09. The van der Waals surface area contributed by atoms with Gasteiger partial charge in [0.1, 0.15) is 4.32 Å². The topological polar surface area (TPSA) is 26.0 Å². The van der Waals surface area contributed by atoms with E-state index in [-0.39, 0.29) is 17.1 Å². The van der Waals surface area contributed by atoms with Crippen LogP contribution in [0.1, 0.15) is 26.2 Å². The zero-order chi connectivity index (χ0) is 7.11. The van der Waals surface area contributed by atoms with Crippen LogP contribution in [0.2, 0.25) is 0 Å². The molecule has 0 aromatic carbocycles. The zero-order valence-corrected chi connectivity index (χ0v) is 8.60. The largest absolute Gasteiger partial charge is 0.385 e. The van der Waals surface area contributed by atoms with Crippen molar-refractivity contribution in [1.29, 1.82) is 0 Å². The number of hydrogen-bond acceptors (Lipinski definition) is 2. The molecule has 0 atom stereocenters. The first-order chi connectivity index (χ1) is 4.27. The SMILES string of the molecule is CCCCCSC(N)=S.[Cu]. The molecule has 0 aromatic heterocycles. The molecule has 1 radical (unpaired) electrons. The molecule has 0 aromatic rings. The van der Waals surface area contributed by atoms with Gasteiger partial charge in [-0.25, -0.2) is 0 Å². The third-order valence-corrected chi connectivity index (χ3v) is 2.12. The standard InChI is InChI=1S/C6H13NS2.Cu/c1-2-3-4-5-9-6(7)8;/h2-5H2,1H3,(H2,7,8);. The van der Waals surface area contributed by atoms with E-state index >= 15 is 0 Å². The van der Waals surface area contributed by atoms with Gasteiger partial charge in [-0.1, -0.05) is 43.7 Å². The van der Waals surface area contributed by atoms with E-state index in [0.29, 0.717) is 4.32 Å². The van der Waals surface area contributed by atoms with E-state index in [1.165, 1.54) is 19.3 Å². The Bertz CT molecular complexity index is 87.8. The van der Waals surface area contributed by atoms with Gasteiger partial charge in [-0.2, -0.15) is 0 Å². The van der Waals surface area contributed by atoms with Crippen molar-refractivity contribution in [2.75, 3.05) is 5.75 Å². The van der Waals surface area contributed by atoms with E-state index in [9.17, 15) is 0 Å². The second-order valence-electron chi connectivity index (χ2n) is 1.87. The molecule has 0 aliphatic rings. The minimum Gasteiger partial charge on any atom is -0.385 e. The summed E-state index contributed by atoms with van der Waals surface area (Å²) in [5.41, 5.74) is 5.27. The van der Waals surface area contributed by atoms with E-state index in [1.807, 2.05) is 0 Å². The minimum atomic E-state index is 0. The molecule has 0 bridgehead atoms. The molecule has 65 valence electrons. The molecule has 0 fully saturated rings. The summed E-state index contributed by atoms with van der Waals surface area (Å²) in [6, 6.07) is 0. The fraction of sp³-hybridized carbons (Fsp3) is 0.833. The molecule has 0 saturated heterocycles. The Kier molecular flexibility index (Phi) is 13.0. The van der Waals surface area contributed by atoms with Crippen molar-refractivity contribution in [3.8, 4) is 0 Å². The van der Waals surface area contributed by atoms with Crippen molar-refractivity contribution in [2.45, 2.75) is 26.2 Å². The summed E-state index contributed by atoms with van der Waals surface area (Å²) in [5, 5.41) is 0. The zero-order valence-electron chi connectivity index (χ0n) is 6.02. The first-order valence-electron chi connectivity index (χ1n) is 3.19. The van der Waals surface area contributed by atoms with Gasteiger partial charge in [0.25, 0.3) is 0 Å². The Balaban J connectivity index is 0. The quantitative estimate of drug-likeness (QED) is 0.452. The van der Waals surface area contributed by atoms with Crippen LogP contribution in [-0.4, -0.2) is 10.1 Å². The molecule has 1 nitrogen and oxygen atoms in total. The van der Waals surface area contributed by atoms with Gasteiger partial charge in [-0.05, 0) is 6.42 Å². The van der Waals surface area contributed by atoms with Crippen molar-refractivity contribution in [3.63, 3.8) is 0 Å². The molecule has 0 aliphatic carbocycles. The van der Waals surface area contributed by atoms with Crippen LogP contribution in [0.3, 0.4) is 0 Å². The first kappa shape index (κ1) is 13.4. The number of thioether (sulfide) groups is 1. The van der Waals surface area contributed by atoms with Crippen molar-refractivity contribution in [1.82, 2.24) is 0 Å². The molecule has 0 spiro atoms. The van der Waals surface area contributed by atoms with Gasteiger partial charge in [0.05, 0.1) is 0 Å². The number of hydrogen-bond donors (Lipinski definition) is 1. The van der Waals surface area contributed by atoms with E-state index in [0.717, 1.165) is 5.75 Å². The van der Waals surface area contributed by atoms with Crippen LogP contribution in [0.4, 0.5) is 0 Å². The normalized spacial score (nSPS) is 8.50. The van der Waals surface area contributed by atoms with E-state index in [1.54, 1.807) is 11.8 Å². The molecule has 4 heteroatoms. The fourth-order valence-corrected chi connectivity index (χ4v) is 1.32. The average Bonchev–Trinajstić information content (AvgIpc) is 1.80. The molecule has 0 saturated carbocycles. The smallest absolute Gasteiger partial charge is 0.131 e. The molecule has 10 heavy (non-hydrogen) atoms. The van der Waals surface area contributed by atoms with E-state index in [4.69, 9.17) is 5.73 Å². The van der Waals surface area contributed by atoms with Crippen molar-refractivity contribution >= 4 is 28.3 Å². The van der Waals surface area contributed by atoms with Crippen LogP contribution in [0, 0.1) is 0 Å². The van der Waals surface area contributed by atoms with Crippen LogP contribution in [0.25, 0.3) is 0 Å². The van der Waals surface area contributed by atoms with Gasteiger partial charge < -0.3 is 5.73 Å². The third kappa shape index (κ3) is 11.5. The third-order valence-electron chi connectivity index (χ3n) is 0.992. The molecule has 0 unspecified atom stereocenters. The van der Waals surface area contributed by atoms with Gasteiger partial charge in [0, 0.05) is 22.8 Å². The molecule has 0 heterocycles. The summed E-state index contributed by atoms with van der Waals surface area (Å²) in [6.45, 7) is 2.19. The number of rotatable bonds is 4. The predicted octanol–water partition coefficient (Wildman–Crippen LogP) is 2.15. The number of unbranched alkanes of at least 4 members (excludes halogenated alkanes) is 2. The predicted molar refractivity (Wildman–Crippen MR) is 48.8 cm³/mol. The molecule has 0 aliphatic heterocycles. The first-order valence-corrected chi connectivity index (χ1v) is 4.59. The number of thiocarbonyl (C=S) groups is 1. The Morgan fingerprint density at radius 3 is 2.50 bits per heavy atom. The van der Waals surface area contributed by atoms with Gasteiger partial charge in [-0.3, -0.25) is 0 Å². The Morgan fingerprint density at radius 2 is 2.10 bits per heavy atom. The Hall–Kier alpha value is 0.759. The summed E-state index contributed by atoms with van der Waals surface area (Å²) in [6.07, 6.45) is 3.78. The second kappa shape index (κ2) is 9.76.